The molecule has 0 saturated heterocycles. The fourth-order valence-corrected chi connectivity index (χ4v) is 6.76. The van der Waals surface area contributed by atoms with Gasteiger partial charge in [-0.1, -0.05) is 63.0 Å². The molecular formula is C33H36Cl2N2O4. The van der Waals surface area contributed by atoms with E-state index in [1.54, 1.807) is 24.3 Å². The second kappa shape index (κ2) is 11.0. The van der Waals surface area contributed by atoms with E-state index in [0.717, 1.165) is 40.9 Å². The lowest BCUT2D eigenvalue weighted by Gasteiger charge is -2.48. The number of nitrogens with one attached hydrogen (secondary N) is 1. The Bertz CT molecular complexity index is 1450. The molecule has 8 heteroatoms. The van der Waals surface area contributed by atoms with Gasteiger partial charge in [-0.25, -0.2) is 0 Å². The molecule has 0 unspecified atom stereocenters. The van der Waals surface area contributed by atoms with E-state index in [-0.39, 0.29) is 34.9 Å². The van der Waals surface area contributed by atoms with Crippen LogP contribution in [0.3, 0.4) is 0 Å². The highest BCUT2D eigenvalue weighted by Crippen LogP contribution is 2.54. The first kappa shape index (κ1) is 29.4. The summed E-state index contributed by atoms with van der Waals surface area (Å²) in [4.78, 5) is 42.4. The molecule has 1 aliphatic heterocycles. The smallest absolute Gasteiger partial charge is 0.262 e. The predicted octanol–water partition coefficient (Wildman–Crippen LogP) is 7.72. The number of ketones is 2. The van der Waals surface area contributed by atoms with Crippen molar-refractivity contribution in [2.24, 2.45) is 10.8 Å². The van der Waals surface area contributed by atoms with Gasteiger partial charge in [0.2, 0.25) is 0 Å². The maximum atomic E-state index is 13.8. The van der Waals surface area contributed by atoms with Crippen molar-refractivity contribution in [2.45, 2.75) is 66.2 Å². The van der Waals surface area contributed by atoms with Gasteiger partial charge in [-0.05, 0) is 66.5 Å². The summed E-state index contributed by atoms with van der Waals surface area (Å²) in [5.41, 5.74) is 4.55. The number of Topliss-reactive ketones (excluding diaryl/α,β-unsaturated/α-hetero) is 2. The van der Waals surface area contributed by atoms with Crippen molar-refractivity contribution in [3.05, 3.63) is 80.6 Å². The molecule has 1 amide bonds. The maximum Gasteiger partial charge on any atom is 0.262 e. The summed E-state index contributed by atoms with van der Waals surface area (Å²) in [5.74, 6) is -0.133. The van der Waals surface area contributed by atoms with Gasteiger partial charge in [0.15, 0.2) is 18.2 Å². The van der Waals surface area contributed by atoms with E-state index in [9.17, 15) is 14.4 Å². The average molecular weight is 596 g/mol. The van der Waals surface area contributed by atoms with E-state index in [2.05, 4.69) is 44.8 Å². The van der Waals surface area contributed by atoms with Gasteiger partial charge in [-0.15, -0.1) is 0 Å². The number of carbonyl (C=O) groups is 3. The van der Waals surface area contributed by atoms with Crippen LogP contribution in [0.25, 0.3) is 0 Å². The topological polar surface area (TPSA) is 75.7 Å². The van der Waals surface area contributed by atoms with Crippen molar-refractivity contribution >= 4 is 46.4 Å². The van der Waals surface area contributed by atoms with Gasteiger partial charge in [0.25, 0.3) is 5.91 Å². The normalized spacial score (nSPS) is 20.1. The first-order valence-corrected chi connectivity index (χ1v) is 14.8. The van der Waals surface area contributed by atoms with Crippen LogP contribution in [0.4, 0.5) is 5.69 Å². The molecule has 0 aromatic heterocycles. The minimum absolute atomic E-state index is 0.0937. The molecule has 1 heterocycles. The zero-order valence-corrected chi connectivity index (χ0v) is 25.7. The molecule has 3 aliphatic rings. The van der Waals surface area contributed by atoms with Crippen LogP contribution in [0, 0.1) is 10.8 Å². The fraction of sp³-hybridized carbons (Fsp3) is 0.424. The number of hydrogen-bond donors (Lipinski definition) is 1. The van der Waals surface area contributed by atoms with Crippen LogP contribution in [-0.2, 0) is 14.4 Å². The maximum absolute atomic E-state index is 13.8. The standard InChI is InChI=1S/C33H36Cl2N2O4/c1-6-37-24-14-32(2,3)16-26(38)30(24)29(31-25(37)15-33(4,5)17-27(31)39)19-8-7-9-21(12-19)41-18-28(40)36-20-10-11-22(34)23(35)13-20/h7-13,29H,6,14-18H2,1-5H3,(H,36,40). The lowest BCUT2D eigenvalue weighted by Crippen LogP contribution is -2.44. The summed E-state index contributed by atoms with van der Waals surface area (Å²) in [6.45, 7) is 11.1. The highest BCUT2D eigenvalue weighted by molar-refractivity contribution is 6.42. The minimum Gasteiger partial charge on any atom is -0.484 e. The second-order valence-corrected chi connectivity index (χ2v) is 13.6. The lowest BCUT2D eigenvalue weighted by molar-refractivity contribution is -0.120. The summed E-state index contributed by atoms with van der Waals surface area (Å²) in [7, 11) is 0. The van der Waals surface area contributed by atoms with Crippen LogP contribution in [0.2, 0.25) is 10.0 Å². The van der Waals surface area contributed by atoms with E-state index in [0.29, 0.717) is 40.9 Å². The van der Waals surface area contributed by atoms with Gasteiger partial charge >= 0.3 is 0 Å². The Balaban J connectivity index is 1.48. The molecule has 0 spiro atoms. The monoisotopic (exact) mass is 594 g/mol. The van der Waals surface area contributed by atoms with Gasteiger partial charge in [0.05, 0.1) is 10.0 Å². The molecule has 2 aromatic carbocycles. The Kier molecular flexibility index (Phi) is 7.86. The number of ether oxygens (including phenoxy) is 1. The molecule has 0 bridgehead atoms. The molecule has 216 valence electrons. The molecule has 0 radical (unpaired) electrons. The molecule has 2 aliphatic carbocycles. The quantitative estimate of drug-likeness (QED) is 0.370. The van der Waals surface area contributed by atoms with Crippen LogP contribution < -0.4 is 10.1 Å². The Hall–Kier alpha value is -3.09. The first-order chi connectivity index (χ1) is 19.3. The minimum atomic E-state index is -0.455. The molecule has 5 rings (SSSR count). The second-order valence-electron chi connectivity index (χ2n) is 12.8. The van der Waals surface area contributed by atoms with Crippen molar-refractivity contribution in [1.82, 2.24) is 4.90 Å². The van der Waals surface area contributed by atoms with E-state index in [1.807, 2.05) is 18.2 Å². The lowest BCUT2D eigenvalue weighted by atomic mass is 9.63. The summed E-state index contributed by atoms with van der Waals surface area (Å²) < 4.78 is 5.88. The third-order valence-corrected chi connectivity index (χ3v) is 8.84. The summed E-state index contributed by atoms with van der Waals surface area (Å²) in [6, 6.07) is 12.3. The molecule has 0 fully saturated rings. The van der Waals surface area contributed by atoms with E-state index < -0.39 is 5.92 Å². The molecule has 0 atom stereocenters. The summed E-state index contributed by atoms with van der Waals surface area (Å²) in [5, 5.41) is 3.50. The highest BCUT2D eigenvalue weighted by atomic mass is 35.5. The van der Waals surface area contributed by atoms with Crippen LogP contribution in [0.5, 0.6) is 5.75 Å². The largest absolute Gasteiger partial charge is 0.484 e. The number of carbonyl (C=O) groups excluding carboxylic acids is 3. The number of hydrogen-bond acceptors (Lipinski definition) is 5. The van der Waals surface area contributed by atoms with Gasteiger partial charge in [0, 0.05) is 53.5 Å². The van der Waals surface area contributed by atoms with E-state index >= 15 is 0 Å². The van der Waals surface area contributed by atoms with Crippen molar-refractivity contribution in [2.75, 3.05) is 18.5 Å². The number of allylic oxidation sites excluding steroid dienone is 4. The average Bonchev–Trinajstić information content (AvgIpc) is 2.87. The van der Waals surface area contributed by atoms with Gasteiger partial charge in [-0.2, -0.15) is 0 Å². The zero-order valence-electron chi connectivity index (χ0n) is 24.2. The SMILES string of the molecule is CCN1C2=C(C(=O)CC(C)(C)C2)C(c2cccc(OCC(=O)Nc3ccc(Cl)c(Cl)c3)c2)C2=C1CC(C)(C)CC2=O. The Morgan fingerprint density at radius 1 is 0.902 bits per heavy atom. The van der Waals surface area contributed by atoms with Crippen LogP contribution in [-0.4, -0.2) is 35.5 Å². The first-order valence-electron chi connectivity index (χ1n) is 14.1. The summed E-state index contributed by atoms with van der Waals surface area (Å²) >= 11 is 12.0. The van der Waals surface area contributed by atoms with Crippen LogP contribution >= 0.6 is 23.2 Å². The van der Waals surface area contributed by atoms with Crippen molar-refractivity contribution in [1.29, 1.82) is 0 Å². The molecule has 6 nitrogen and oxygen atoms in total. The van der Waals surface area contributed by atoms with Crippen molar-refractivity contribution in [3.8, 4) is 5.75 Å². The van der Waals surface area contributed by atoms with Crippen molar-refractivity contribution in [3.63, 3.8) is 0 Å². The number of amides is 1. The fourth-order valence-electron chi connectivity index (χ4n) is 6.47. The van der Waals surface area contributed by atoms with Crippen LogP contribution in [0.15, 0.2) is 65.0 Å². The molecule has 0 saturated carbocycles. The predicted molar refractivity (Wildman–Crippen MR) is 162 cm³/mol. The van der Waals surface area contributed by atoms with Gasteiger partial charge in [0.1, 0.15) is 5.75 Å². The van der Waals surface area contributed by atoms with Crippen LogP contribution in [0.1, 0.15) is 71.8 Å². The molecule has 41 heavy (non-hydrogen) atoms. The number of rotatable bonds is 6. The molecule has 1 N–H and O–H groups in total. The Morgan fingerprint density at radius 2 is 1.51 bits per heavy atom. The van der Waals surface area contributed by atoms with Gasteiger partial charge in [-0.3, -0.25) is 14.4 Å². The van der Waals surface area contributed by atoms with E-state index in [4.69, 9.17) is 27.9 Å². The highest BCUT2D eigenvalue weighted by Gasteiger charge is 2.48. The number of halogens is 2. The third kappa shape index (κ3) is 5.96. The molecular weight excluding hydrogens is 559 g/mol. The summed E-state index contributed by atoms with van der Waals surface area (Å²) in [6.07, 6.45) is 2.42. The molecule has 2 aromatic rings. The number of nitrogens with zero attached hydrogens (tertiary/aromatic N) is 1. The Labute approximate surface area is 251 Å². The number of anilines is 1. The van der Waals surface area contributed by atoms with Crippen molar-refractivity contribution < 1.29 is 19.1 Å². The Morgan fingerprint density at radius 3 is 2.07 bits per heavy atom. The van der Waals surface area contributed by atoms with Gasteiger partial charge < -0.3 is 15.0 Å². The third-order valence-electron chi connectivity index (χ3n) is 8.10. The number of benzene rings is 2. The zero-order chi connectivity index (χ0) is 29.7. The van der Waals surface area contributed by atoms with E-state index in [1.165, 1.54) is 0 Å².